The van der Waals surface area contributed by atoms with Crippen molar-refractivity contribution in [2.45, 2.75) is 17.5 Å². The molecule has 34 heavy (non-hydrogen) atoms. The number of aromatic nitrogens is 3. The van der Waals surface area contributed by atoms with Crippen molar-refractivity contribution in [3.63, 3.8) is 0 Å². The number of carbonyl (C=O) groups is 2. The lowest BCUT2D eigenvalue weighted by molar-refractivity contribution is -0.140. The van der Waals surface area contributed by atoms with E-state index in [4.69, 9.17) is 16.3 Å². The fourth-order valence-corrected chi connectivity index (χ4v) is 5.44. The van der Waals surface area contributed by atoms with E-state index in [0.29, 0.717) is 15.4 Å². The average Bonchev–Trinajstić information content (AvgIpc) is 3.38. The second-order valence-electron chi connectivity index (χ2n) is 7.33. The molecular formula is C20H12ClF4N5O3S. The minimum absolute atomic E-state index is 0.0634. The molecule has 2 aromatic heterocycles. The molecule has 0 radical (unpaired) electrons. The Morgan fingerprint density at radius 2 is 2.00 bits per heavy atom. The number of ether oxygens (including phenoxy) is 1. The van der Waals surface area contributed by atoms with E-state index < -0.39 is 46.3 Å². The lowest BCUT2D eigenvalue weighted by Crippen LogP contribution is -2.60. The molecule has 0 saturated carbocycles. The maximum absolute atomic E-state index is 13.9. The van der Waals surface area contributed by atoms with Crippen LogP contribution < -0.4 is 15.0 Å². The molecule has 1 saturated heterocycles. The van der Waals surface area contributed by atoms with Gasteiger partial charge in [-0.3, -0.25) is 14.9 Å². The summed E-state index contributed by atoms with van der Waals surface area (Å²) in [6, 6.07) is 0.747. The van der Waals surface area contributed by atoms with Crippen LogP contribution in [0.4, 0.5) is 28.0 Å². The van der Waals surface area contributed by atoms with Crippen molar-refractivity contribution in [3.8, 4) is 5.75 Å². The molecule has 3 aromatic rings. The van der Waals surface area contributed by atoms with Gasteiger partial charge in [-0.15, -0.1) is 11.8 Å². The van der Waals surface area contributed by atoms with Crippen LogP contribution in [0.25, 0.3) is 15.8 Å². The number of hydrogen-bond donors (Lipinski definition) is 2. The fraction of sp³-hybridized carbons (Fsp3) is 0.200. The first-order valence-corrected chi connectivity index (χ1v) is 10.8. The highest BCUT2D eigenvalue weighted by atomic mass is 35.5. The van der Waals surface area contributed by atoms with E-state index in [0.717, 1.165) is 30.2 Å². The summed E-state index contributed by atoms with van der Waals surface area (Å²) in [6.07, 6.45) is -1.13. The number of aromatic amines is 1. The van der Waals surface area contributed by atoms with Crippen LogP contribution in [0.5, 0.6) is 5.75 Å². The smallest absolute Gasteiger partial charge is 0.433 e. The van der Waals surface area contributed by atoms with Crippen LogP contribution in [0.2, 0.25) is 5.02 Å². The number of hydrogen-bond acceptors (Lipinski definition) is 6. The van der Waals surface area contributed by atoms with E-state index in [1.165, 1.54) is 13.2 Å². The van der Waals surface area contributed by atoms with Crippen LogP contribution in [0.15, 0.2) is 30.6 Å². The van der Waals surface area contributed by atoms with Gasteiger partial charge in [-0.2, -0.15) is 18.3 Å². The second-order valence-corrected chi connectivity index (χ2v) is 8.92. The quantitative estimate of drug-likeness (QED) is 0.505. The van der Waals surface area contributed by atoms with Crippen molar-refractivity contribution < 1.29 is 31.9 Å². The van der Waals surface area contributed by atoms with Gasteiger partial charge < -0.3 is 10.1 Å². The van der Waals surface area contributed by atoms with E-state index in [-0.39, 0.29) is 22.0 Å². The largest absolute Gasteiger partial charge is 0.494 e. The first kappa shape index (κ1) is 22.5. The average molecular weight is 514 g/mol. The Morgan fingerprint density at radius 3 is 2.71 bits per heavy atom. The van der Waals surface area contributed by atoms with Gasteiger partial charge in [-0.25, -0.2) is 14.1 Å². The Morgan fingerprint density at radius 1 is 1.24 bits per heavy atom. The third-order valence-electron chi connectivity index (χ3n) is 5.34. The van der Waals surface area contributed by atoms with Crippen molar-refractivity contribution in [1.82, 2.24) is 20.5 Å². The van der Waals surface area contributed by atoms with Gasteiger partial charge in [0.2, 0.25) is 0 Å². The number of pyridine rings is 1. The zero-order chi connectivity index (χ0) is 24.4. The minimum atomic E-state index is -4.81. The number of rotatable bonds is 3. The molecule has 2 aliphatic rings. The number of benzene rings is 1. The summed E-state index contributed by atoms with van der Waals surface area (Å²) in [6.45, 7) is 0. The topological polar surface area (TPSA) is 100 Å². The van der Waals surface area contributed by atoms with Crippen molar-refractivity contribution in [3.05, 3.63) is 52.7 Å². The summed E-state index contributed by atoms with van der Waals surface area (Å²) < 4.78 is 59.5. The Bertz CT molecular complexity index is 1390. The molecule has 2 unspecified atom stereocenters. The lowest BCUT2D eigenvalue weighted by Gasteiger charge is -2.33. The van der Waals surface area contributed by atoms with Crippen LogP contribution in [-0.4, -0.2) is 45.5 Å². The molecule has 4 heterocycles. The number of anilines is 1. The van der Waals surface area contributed by atoms with Crippen LogP contribution >= 0.6 is 23.4 Å². The number of carbonyl (C=O) groups excluding carboxylic acids is 2. The molecule has 3 amide bonds. The first-order valence-electron chi connectivity index (χ1n) is 9.55. The predicted octanol–water partition coefficient (Wildman–Crippen LogP) is 4.36. The van der Waals surface area contributed by atoms with E-state index in [1.54, 1.807) is 6.08 Å². The minimum Gasteiger partial charge on any atom is -0.494 e. The molecule has 2 atom stereocenters. The molecule has 176 valence electrons. The predicted molar refractivity (Wildman–Crippen MR) is 116 cm³/mol. The second kappa shape index (κ2) is 7.87. The number of halogens is 5. The summed E-state index contributed by atoms with van der Waals surface area (Å²) in [5.41, 5.74) is -1.33. The molecule has 14 heteroatoms. The van der Waals surface area contributed by atoms with Crippen molar-refractivity contribution in [1.29, 1.82) is 0 Å². The molecule has 2 aliphatic heterocycles. The van der Waals surface area contributed by atoms with Gasteiger partial charge in [0.05, 0.1) is 41.6 Å². The molecule has 0 spiro atoms. The fourth-order valence-electron chi connectivity index (χ4n) is 3.84. The number of fused-ring (bicyclic) bond motifs is 2. The Labute approximate surface area is 197 Å². The van der Waals surface area contributed by atoms with E-state index in [2.05, 4.69) is 15.4 Å². The first-order chi connectivity index (χ1) is 16.1. The van der Waals surface area contributed by atoms with Crippen LogP contribution in [-0.2, 0) is 11.0 Å². The molecule has 1 aromatic carbocycles. The molecule has 0 aliphatic carbocycles. The van der Waals surface area contributed by atoms with Crippen LogP contribution in [0.3, 0.4) is 0 Å². The third-order valence-corrected chi connectivity index (χ3v) is 7.01. The maximum Gasteiger partial charge on any atom is 0.433 e. The molecule has 5 rings (SSSR count). The summed E-state index contributed by atoms with van der Waals surface area (Å²) in [5.74, 6) is -1.49. The summed E-state index contributed by atoms with van der Waals surface area (Å²) in [5, 5.41) is 6.81. The van der Waals surface area contributed by atoms with Gasteiger partial charge in [-0.05, 0) is 18.2 Å². The number of amides is 3. The highest BCUT2D eigenvalue weighted by Crippen LogP contribution is 2.46. The van der Waals surface area contributed by atoms with Gasteiger partial charge in [0.15, 0.2) is 11.6 Å². The lowest BCUT2D eigenvalue weighted by atomic mass is 10.1. The summed E-state index contributed by atoms with van der Waals surface area (Å²) >= 11 is 7.22. The SMILES string of the molecule is COc1cc(C2=CC3NC(=O)N(c4cncc5n[nH]c(C(F)(F)F)c45)C(=O)C3S2)c(Cl)cc1F. The Kier molecular flexibility index (Phi) is 5.20. The highest BCUT2D eigenvalue weighted by molar-refractivity contribution is 8.09. The number of thioether (sulfide) groups is 1. The number of nitrogens with one attached hydrogen (secondary N) is 2. The van der Waals surface area contributed by atoms with Crippen LogP contribution in [0.1, 0.15) is 11.3 Å². The summed E-state index contributed by atoms with van der Waals surface area (Å²) in [4.78, 5) is 31.1. The standard InChI is InChI=1S/C20H12ClF4N5O3S/c1-33-13-2-7(8(21)3-9(13)22)14-4-10-16(34-14)18(31)30(19(32)27-10)12-6-26-5-11-15(12)17(29-28-11)20(23,24)25/h2-6,10,16H,1H3,(H,27,32)(H,28,29). The molecule has 1 fully saturated rings. The van der Waals surface area contributed by atoms with Crippen molar-refractivity contribution in [2.24, 2.45) is 0 Å². The van der Waals surface area contributed by atoms with Crippen molar-refractivity contribution >= 4 is 56.8 Å². The van der Waals surface area contributed by atoms with Gasteiger partial charge >= 0.3 is 12.2 Å². The van der Waals surface area contributed by atoms with Gasteiger partial charge in [-0.1, -0.05) is 11.6 Å². The normalized spacial score (nSPS) is 20.4. The van der Waals surface area contributed by atoms with Gasteiger partial charge in [0, 0.05) is 10.5 Å². The third kappa shape index (κ3) is 3.46. The van der Waals surface area contributed by atoms with Gasteiger partial charge in [0.25, 0.3) is 5.91 Å². The van der Waals surface area contributed by atoms with Gasteiger partial charge in [0.1, 0.15) is 16.5 Å². The van der Waals surface area contributed by atoms with Crippen molar-refractivity contribution in [2.75, 3.05) is 12.0 Å². The Balaban J connectivity index is 1.53. The molecule has 0 bridgehead atoms. The number of H-pyrrole nitrogens is 1. The number of imide groups is 1. The summed E-state index contributed by atoms with van der Waals surface area (Å²) in [7, 11) is 1.29. The number of urea groups is 1. The van der Waals surface area contributed by atoms with E-state index in [1.807, 2.05) is 5.10 Å². The monoisotopic (exact) mass is 513 g/mol. The Hall–Kier alpha value is -3.32. The van der Waals surface area contributed by atoms with Crippen LogP contribution in [0, 0.1) is 5.82 Å². The molecular weight excluding hydrogens is 502 g/mol. The van der Waals surface area contributed by atoms with E-state index in [9.17, 15) is 27.2 Å². The molecule has 2 N–H and O–H groups in total. The maximum atomic E-state index is 13.9. The number of methoxy groups -OCH3 is 1. The van der Waals surface area contributed by atoms with E-state index >= 15 is 0 Å². The number of alkyl halides is 3. The number of nitrogens with zero attached hydrogens (tertiary/aromatic N) is 3. The molecule has 8 nitrogen and oxygen atoms in total. The highest BCUT2D eigenvalue weighted by Gasteiger charge is 2.47. The zero-order valence-corrected chi connectivity index (χ0v) is 18.5. The zero-order valence-electron chi connectivity index (χ0n) is 16.9.